The average molecular weight is 492 g/mol. The molecular formula is C25H22ClN5O2S. The predicted octanol–water partition coefficient (Wildman–Crippen LogP) is 5.23. The zero-order valence-corrected chi connectivity index (χ0v) is 20.0. The van der Waals surface area contributed by atoms with Crippen molar-refractivity contribution in [3.05, 3.63) is 89.4 Å². The summed E-state index contributed by atoms with van der Waals surface area (Å²) in [6.07, 6.45) is 1.51. The Morgan fingerprint density at radius 3 is 2.53 bits per heavy atom. The quantitative estimate of drug-likeness (QED) is 0.197. The first-order chi connectivity index (χ1) is 16.7. The highest BCUT2D eigenvalue weighted by Crippen LogP contribution is 2.28. The van der Waals surface area contributed by atoms with Crippen molar-refractivity contribution in [2.75, 3.05) is 12.4 Å². The highest BCUT2D eigenvalue weighted by Gasteiger charge is 2.17. The van der Waals surface area contributed by atoms with Crippen LogP contribution in [0, 0.1) is 0 Å². The van der Waals surface area contributed by atoms with Gasteiger partial charge in [0.25, 0.3) is 5.91 Å². The van der Waals surface area contributed by atoms with Crippen LogP contribution in [0.4, 0.5) is 0 Å². The molecule has 34 heavy (non-hydrogen) atoms. The normalized spacial score (nSPS) is 11.0. The Hall–Kier alpha value is -3.62. The van der Waals surface area contributed by atoms with E-state index in [-0.39, 0.29) is 11.7 Å². The molecule has 0 fully saturated rings. The van der Waals surface area contributed by atoms with Gasteiger partial charge in [-0.25, -0.2) is 5.43 Å². The van der Waals surface area contributed by atoms with Crippen molar-refractivity contribution in [1.82, 2.24) is 20.2 Å². The third-order valence-electron chi connectivity index (χ3n) is 4.70. The van der Waals surface area contributed by atoms with E-state index in [2.05, 4.69) is 20.7 Å². The van der Waals surface area contributed by atoms with Gasteiger partial charge in [-0.05, 0) is 37.3 Å². The van der Waals surface area contributed by atoms with Gasteiger partial charge in [0.05, 0.1) is 18.6 Å². The molecule has 1 amide bonds. The number of carbonyl (C=O) groups excluding carboxylic acids is 1. The largest absolute Gasteiger partial charge is 0.494 e. The van der Waals surface area contributed by atoms with Crippen LogP contribution in [0.3, 0.4) is 0 Å². The molecule has 0 saturated carbocycles. The fourth-order valence-electron chi connectivity index (χ4n) is 3.14. The topological polar surface area (TPSA) is 81.4 Å². The van der Waals surface area contributed by atoms with Gasteiger partial charge in [-0.15, -0.1) is 10.2 Å². The molecule has 3 aromatic carbocycles. The number of thioether (sulfide) groups is 1. The summed E-state index contributed by atoms with van der Waals surface area (Å²) in [6, 6.07) is 24.7. The van der Waals surface area contributed by atoms with Crippen LogP contribution in [0.5, 0.6) is 5.75 Å². The van der Waals surface area contributed by atoms with E-state index in [4.69, 9.17) is 16.3 Å². The predicted molar refractivity (Wildman–Crippen MR) is 136 cm³/mol. The first-order valence-electron chi connectivity index (χ1n) is 10.6. The van der Waals surface area contributed by atoms with E-state index in [9.17, 15) is 4.79 Å². The molecule has 4 aromatic rings. The minimum absolute atomic E-state index is 0.115. The number of carbonyl (C=O) groups is 1. The second kappa shape index (κ2) is 11.5. The summed E-state index contributed by atoms with van der Waals surface area (Å²) in [7, 11) is 0. The minimum atomic E-state index is -0.268. The van der Waals surface area contributed by atoms with Crippen LogP contribution in [0.15, 0.2) is 89.1 Å². The van der Waals surface area contributed by atoms with Crippen molar-refractivity contribution in [3.63, 3.8) is 0 Å². The van der Waals surface area contributed by atoms with Crippen LogP contribution in [-0.4, -0.2) is 39.2 Å². The minimum Gasteiger partial charge on any atom is -0.494 e. The van der Waals surface area contributed by atoms with Crippen LogP contribution in [0.25, 0.3) is 17.1 Å². The standard InChI is InChI=1S/C25H22ClN5O2S/c1-2-33-21-14-12-20(13-15-21)31-24(18-8-4-3-5-9-18)29-30-25(31)34-17-23(32)28-27-16-19-10-6-7-11-22(19)26/h3-16H,2,17H2,1H3,(H,28,32). The number of benzene rings is 3. The summed E-state index contributed by atoms with van der Waals surface area (Å²) >= 11 is 7.38. The van der Waals surface area contributed by atoms with E-state index in [1.54, 1.807) is 6.07 Å². The van der Waals surface area contributed by atoms with Crippen molar-refractivity contribution >= 4 is 35.5 Å². The maximum atomic E-state index is 12.4. The maximum absolute atomic E-state index is 12.4. The Morgan fingerprint density at radius 2 is 1.79 bits per heavy atom. The van der Waals surface area contributed by atoms with Gasteiger partial charge < -0.3 is 4.74 Å². The molecule has 0 radical (unpaired) electrons. The highest BCUT2D eigenvalue weighted by atomic mass is 35.5. The van der Waals surface area contributed by atoms with E-state index < -0.39 is 0 Å². The second-order valence-electron chi connectivity index (χ2n) is 7.04. The van der Waals surface area contributed by atoms with Crippen LogP contribution in [-0.2, 0) is 4.79 Å². The lowest BCUT2D eigenvalue weighted by Gasteiger charge is -2.11. The zero-order chi connectivity index (χ0) is 23.8. The fraction of sp³-hybridized carbons (Fsp3) is 0.120. The van der Waals surface area contributed by atoms with E-state index >= 15 is 0 Å². The number of nitrogens with zero attached hydrogens (tertiary/aromatic N) is 4. The Labute approximate surface area is 206 Å². The molecule has 0 unspecified atom stereocenters. The lowest BCUT2D eigenvalue weighted by molar-refractivity contribution is -0.118. The number of ether oxygens (including phenoxy) is 1. The molecule has 1 N–H and O–H groups in total. The molecule has 9 heteroatoms. The molecule has 0 aliphatic carbocycles. The number of hydrazone groups is 1. The summed E-state index contributed by atoms with van der Waals surface area (Å²) < 4.78 is 7.49. The average Bonchev–Trinajstić information content (AvgIpc) is 3.29. The number of hydrogen-bond acceptors (Lipinski definition) is 6. The van der Waals surface area contributed by atoms with E-state index in [0.29, 0.717) is 22.6 Å². The van der Waals surface area contributed by atoms with Crippen molar-refractivity contribution in [2.24, 2.45) is 5.10 Å². The number of halogens is 1. The van der Waals surface area contributed by atoms with Crippen LogP contribution >= 0.6 is 23.4 Å². The fourth-order valence-corrected chi connectivity index (χ4v) is 4.07. The van der Waals surface area contributed by atoms with Crippen molar-refractivity contribution in [1.29, 1.82) is 0 Å². The van der Waals surface area contributed by atoms with Gasteiger partial charge in [0.1, 0.15) is 5.75 Å². The maximum Gasteiger partial charge on any atom is 0.250 e. The third-order valence-corrected chi connectivity index (χ3v) is 5.97. The molecule has 172 valence electrons. The smallest absolute Gasteiger partial charge is 0.250 e. The number of nitrogens with one attached hydrogen (secondary N) is 1. The van der Waals surface area contributed by atoms with E-state index in [0.717, 1.165) is 22.6 Å². The van der Waals surface area contributed by atoms with Crippen molar-refractivity contribution in [2.45, 2.75) is 12.1 Å². The van der Waals surface area contributed by atoms with Crippen LogP contribution in [0.2, 0.25) is 5.02 Å². The summed E-state index contributed by atoms with van der Waals surface area (Å²) in [5.41, 5.74) is 5.04. The monoisotopic (exact) mass is 491 g/mol. The molecule has 0 aliphatic heterocycles. The molecule has 1 aromatic heterocycles. The first kappa shape index (κ1) is 23.5. The van der Waals surface area contributed by atoms with Gasteiger partial charge in [0.2, 0.25) is 0 Å². The highest BCUT2D eigenvalue weighted by molar-refractivity contribution is 7.99. The summed E-state index contributed by atoms with van der Waals surface area (Å²) in [6.45, 7) is 2.54. The van der Waals surface area contributed by atoms with Gasteiger partial charge >= 0.3 is 0 Å². The van der Waals surface area contributed by atoms with E-state index in [1.165, 1.54) is 18.0 Å². The van der Waals surface area contributed by atoms with Gasteiger partial charge in [-0.1, -0.05) is 71.9 Å². The van der Waals surface area contributed by atoms with Gasteiger partial charge in [0.15, 0.2) is 11.0 Å². The molecule has 0 saturated heterocycles. The molecule has 4 rings (SSSR count). The Balaban J connectivity index is 1.51. The van der Waals surface area contributed by atoms with Crippen LogP contribution < -0.4 is 10.2 Å². The second-order valence-corrected chi connectivity index (χ2v) is 8.39. The lowest BCUT2D eigenvalue weighted by atomic mass is 10.2. The number of rotatable bonds is 9. The van der Waals surface area contributed by atoms with Crippen molar-refractivity contribution < 1.29 is 9.53 Å². The summed E-state index contributed by atoms with van der Waals surface area (Å²) in [4.78, 5) is 12.4. The Bertz CT molecular complexity index is 1280. The lowest BCUT2D eigenvalue weighted by Crippen LogP contribution is -2.20. The Morgan fingerprint density at radius 1 is 1.06 bits per heavy atom. The third kappa shape index (κ3) is 5.84. The van der Waals surface area contributed by atoms with E-state index in [1.807, 2.05) is 84.3 Å². The molecule has 7 nitrogen and oxygen atoms in total. The molecule has 0 bridgehead atoms. The van der Waals surface area contributed by atoms with Gasteiger partial charge in [-0.3, -0.25) is 9.36 Å². The summed E-state index contributed by atoms with van der Waals surface area (Å²) in [5.74, 6) is 1.31. The summed E-state index contributed by atoms with van der Waals surface area (Å²) in [5, 5.41) is 13.9. The molecule has 1 heterocycles. The van der Waals surface area contributed by atoms with Crippen molar-refractivity contribution in [3.8, 4) is 22.8 Å². The van der Waals surface area contributed by atoms with Gasteiger partial charge in [-0.2, -0.15) is 5.10 Å². The first-order valence-corrected chi connectivity index (χ1v) is 12.0. The van der Waals surface area contributed by atoms with Gasteiger partial charge in [0, 0.05) is 21.8 Å². The zero-order valence-electron chi connectivity index (χ0n) is 18.4. The molecule has 0 atom stereocenters. The SMILES string of the molecule is CCOc1ccc(-n2c(SCC(=O)NN=Cc3ccccc3Cl)nnc2-c2ccccc2)cc1. The number of amides is 1. The van der Waals surface area contributed by atoms with Crippen LogP contribution in [0.1, 0.15) is 12.5 Å². The Kier molecular flexibility index (Phi) is 7.95. The molecule has 0 spiro atoms. The molecular weight excluding hydrogens is 470 g/mol. The number of aromatic nitrogens is 3. The number of hydrogen-bond donors (Lipinski definition) is 1. The molecule has 0 aliphatic rings.